The Balaban J connectivity index is 1.54. The third kappa shape index (κ3) is 7.09. The number of likely N-dealkylation sites (N-methyl/N-ethyl adjacent to an activating group) is 1. The van der Waals surface area contributed by atoms with Crippen LogP contribution in [0.25, 0.3) is 0 Å². The van der Waals surface area contributed by atoms with Gasteiger partial charge < -0.3 is 38.2 Å². The number of methoxy groups -OCH3 is 2. The zero-order chi connectivity index (χ0) is 36.8. The highest BCUT2D eigenvalue weighted by atomic mass is 35.5. The molecule has 4 bridgehead atoms. The van der Waals surface area contributed by atoms with E-state index in [1.165, 1.54) is 31.1 Å². The lowest BCUT2D eigenvalue weighted by Gasteiger charge is -2.33. The third-order valence-corrected chi connectivity index (χ3v) is 10.9. The number of amides is 3. The van der Waals surface area contributed by atoms with Crippen LogP contribution in [-0.2, 0) is 44.5 Å². The summed E-state index contributed by atoms with van der Waals surface area (Å²) in [6, 6.07) is 2.67. The van der Waals surface area contributed by atoms with Crippen molar-refractivity contribution in [3.63, 3.8) is 0 Å². The Morgan fingerprint density at radius 2 is 1.98 bits per heavy atom. The molecule has 4 heterocycles. The smallest absolute Gasteiger partial charge is 0.409 e. The number of alkyl carbamates (subject to hydrolysis) is 1. The molecule has 1 aromatic carbocycles. The van der Waals surface area contributed by atoms with Crippen molar-refractivity contribution < 1.29 is 47.6 Å². The molecule has 3 amide bonds. The van der Waals surface area contributed by atoms with Gasteiger partial charge in [0.25, 0.3) is 0 Å². The summed E-state index contributed by atoms with van der Waals surface area (Å²) in [6.45, 7) is 7.13. The molecule has 15 heteroatoms. The molecule has 13 nitrogen and oxygen atoms in total. The minimum Gasteiger partial charge on any atom is -0.495 e. The van der Waals surface area contributed by atoms with Gasteiger partial charge in [-0.1, -0.05) is 36.2 Å². The van der Waals surface area contributed by atoms with E-state index in [4.69, 9.17) is 40.0 Å². The van der Waals surface area contributed by atoms with E-state index in [0.29, 0.717) is 23.6 Å². The number of rotatable bonds is 7. The van der Waals surface area contributed by atoms with E-state index in [9.17, 15) is 19.2 Å². The Labute approximate surface area is 302 Å². The van der Waals surface area contributed by atoms with E-state index in [-0.39, 0.29) is 30.2 Å². The van der Waals surface area contributed by atoms with Gasteiger partial charge in [0.1, 0.15) is 34.6 Å². The fourth-order valence-electron chi connectivity index (χ4n) is 6.83. The molecule has 1 N–H and O–H groups in total. The normalized spacial score (nSPS) is 34.4. The summed E-state index contributed by atoms with van der Waals surface area (Å²) in [5, 5.41) is 3.04. The van der Waals surface area contributed by atoms with Crippen LogP contribution in [0.15, 0.2) is 35.9 Å². The van der Waals surface area contributed by atoms with Crippen molar-refractivity contribution in [1.29, 1.82) is 0 Å². The van der Waals surface area contributed by atoms with Gasteiger partial charge in [0.15, 0.2) is 0 Å². The summed E-state index contributed by atoms with van der Waals surface area (Å²) < 4.78 is 35.5. The first-order chi connectivity index (χ1) is 23.5. The van der Waals surface area contributed by atoms with Gasteiger partial charge in [-0.2, -0.15) is 12.6 Å². The summed E-state index contributed by atoms with van der Waals surface area (Å²) in [5.74, 6) is -2.33. The quantitative estimate of drug-likeness (QED) is 0.237. The molecule has 1 aromatic rings. The number of nitrogens with zero attached hydrogens (tertiary/aromatic N) is 2. The number of nitrogens with one attached hydrogen (secondary N) is 1. The Hall–Kier alpha value is -3.30. The molecule has 8 atom stereocenters. The molecule has 3 saturated heterocycles. The second-order valence-electron chi connectivity index (χ2n) is 13.6. The molecule has 3 fully saturated rings. The van der Waals surface area contributed by atoms with Crippen molar-refractivity contribution in [3.05, 3.63) is 46.5 Å². The molecule has 1 spiro atoms. The van der Waals surface area contributed by atoms with Crippen LogP contribution in [0.4, 0.5) is 10.5 Å². The highest BCUT2D eigenvalue weighted by Gasteiger charge is 2.75. The van der Waals surface area contributed by atoms with Crippen molar-refractivity contribution >= 4 is 53.8 Å². The highest BCUT2D eigenvalue weighted by Crippen LogP contribution is 2.55. The lowest BCUT2D eigenvalue weighted by atomic mass is 9.84. The zero-order valence-corrected chi connectivity index (χ0v) is 31.3. The van der Waals surface area contributed by atoms with Crippen LogP contribution in [-0.4, -0.2) is 104 Å². The largest absolute Gasteiger partial charge is 0.495 e. The molecule has 0 aliphatic carbocycles. The van der Waals surface area contributed by atoms with Gasteiger partial charge in [0.05, 0.1) is 25.3 Å². The number of fused-ring (bicyclic) bond motifs is 4. The molecule has 0 radical (unpaired) electrons. The number of halogens is 1. The van der Waals surface area contributed by atoms with Crippen LogP contribution in [0.2, 0.25) is 5.02 Å². The molecular formula is C35H46ClN3O10S. The average molecular weight is 736 g/mol. The van der Waals surface area contributed by atoms with Crippen molar-refractivity contribution in [3.8, 4) is 5.75 Å². The van der Waals surface area contributed by atoms with Gasteiger partial charge in [-0.05, 0) is 56.7 Å². The van der Waals surface area contributed by atoms with Crippen molar-refractivity contribution in [1.82, 2.24) is 10.2 Å². The maximum atomic E-state index is 14.1. The van der Waals surface area contributed by atoms with E-state index in [0.717, 1.165) is 11.1 Å². The predicted octanol–water partition coefficient (Wildman–Crippen LogP) is 4.20. The number of carbonyl (C=O) groups is 4. The molecule has 5 rings (SSSR count). The lowest BCUT2D eigenvalue weighted by Crippen LogP contribution is -2.54. The minimum absolute atomic E-state index is 0.142. The molecule has 0 aromatic heterocycles. The van der Waals surface area contributed by atoms with Gasteiger partial charge in [0, 0.05) is 40.0 Å². The summed E-state index contributed by atoms with van der Waals surface area (Å²) in [4.78, 5) is 55.8. The number of thiol groups is 1. The van der Waals surface area contributed by atoms with Crippen molar-refractivity contribution in [2.45, 2.75) is 94.8 Å². The molecule has 4 aliphatic rings. The number of hydrogen-bond donors (Lipinski definition) is 2. The summed E-state index contributed by atoms with van der Waals surface area (Å²) in [5.41, 5.74) is -0.119. The van der Waals surface area contributed by atoms with Gasteiger partial charge in [-0.15, -0.1) is 0 Å². The number of epoxide rings is 2. The number of esters is 1. The number of carbonyl (C=O) groups excluding carboxylic acids is 4. The standard InChI is InChI=1S/C35H46ClN3O10S/c1-19-10-9-12-35(45-8)34(49-35)18-25(46-32(43)37-34)20(2)30-33(4,48-30)26(47-31(42)21(3)38(5)27(40)11-13-50)17-28(41)39(6)23-15-22(14-19)16-24(44-7)29(23)36/h9-10,12,15-16,20-21,25-26,30,50H,11,13-14,17-18H2,1-8H3,(H,37,43)/b12-9+,19-10+/t20-,21+,25+,26+,30+,33+,34+,35+/m1/s1. The van der Waals surface area contributed by atoms with Crippen LogP contribution in [0, 0.1) is 5.92 Å². The van der Waals surface area contributed by atoms with Crippen LogP contribution < -0.4 is 15.0 Å². The number of anilines is 1. The highest BCUT2D eigenvalue weighted by molar-refractivity contribution is 7.80. The van der Waals surface area contributed by atoms with Crippen LogP contribution in [0.1, 0.15) is 52.5 Å². The van der Waals surface area contributed by atoms with E-state index >= 15 is 0 Å². The second kappa shape index (κ2) is 14.4. The molecular weight excluding hydrogens is 690 g/mol. The van der Waals surface area contributed by atoms with Gasteiger partial charge in [0.2, 0.25) is 23.3 Å². The van der Waals surface area contributed by atoms with Gasteiger partial charge in [-0.25, -0.2) is 9.59 Å². The maximum absolute atomic E-state index is 14.1. The maximum Gasteiger partial charge on any atom is 0.409 e. The number of benzene rings is 1. The first kappa shape index (κ1) is 37.9. The first-order valence-corrected chi connectivity index (χ1v) is 17.5. The molecule has 0 unspecified atom stereocenters. The lowest BCUT2D eigenvalue weighted by molar-refractivity contribution is -0.161. The molecule has 50 heavy (non-hydrogen) atoms. The SMILES string of the molecule is COc1cc2cc(c1Cl)N(C)C(=O)C[C@H](OC(=O)[C@H](C)N(C)C(=O)CCS)[C@]1(C)O[C@H]1[C@H](C)[C@@H]1C[C@]3(NC(=O)O1)O[C@@]3(OC)/C=C/C=C(\C)C2. The van der Waals surface area contributed by atoms with Gasteiger partial charge in [-0.3, -0.25) is 14.9 Å². The summed E-state index contributed by atoms with van der Waals surface area (Å²) >= 11 is 10.9. The average Bonchev–Trinajstić information content (AvgIpc) is 3.94. The molecule has 4 aliphatic heterocycles. The fraction of sp³-hybridized carbons (Fsp3) is 0.600. The van der Waals surface area contributed by atoms with E-state index < -0.39 is 65.4 Å². The Kier molecular flexibility index (Phi) is 10.9. The van der Waals surface area contributed by atoms with E-state index in [2.05, 4.69) is 17.9 Å². The second-order valence-corrected chi connectivity index (χ2v) is 14.4. The number of allylic oxidation sites excluding steroid dienone is 3. The van der Waals surface area contributed by atoms with Crippen LogP contribution in [0.5, 0.6) is 5.75 Å². The first-order valence-electron chi connectivity index (χ1n) is 16.5. The predicted molar refractivity (Wildman–Crippen MR) is 187 cm³/mol. The number of ether oxygens (including phenoxy) is 6. The Bertz CT molecular complexity index is 1610. The molecule has 274 valence electrons. The van der Waals surface area contributed by atoms with E-state index in [1.807, 2.05) is 38.1 Å². The fourth-order valence-corrected chi connectivity index (χ4v) is 7.33. The third-order valence-electron chi connectivity index (χ3n) is 10.3. The summed E-state index contributed by atoms with van der Waals surface area (Å²) in [7, 11) is 6.11. The Morgan fingerprint density at radius 3 is 2.64 bits per heavy atom. The van der Waals surface area contributed by atoms with Gasteiger partial charge >= 0.3 is 12.1 Å². The number of hydrogen-bond acceptors (Lipinski definition) is 11. The Morgan fingerprint density at radius 1 is 1.26 bits per heavy atom. The van der Waals surface area contributed by atoms with Crippen LogP contribution >= 0.6 is 24.2 Å². The topological polar surface area (TPSA) is 149 Å². The monoisotopic (exact) mass is 735 g/mol. The zero-order valence-electron chi connectivity index (χ0n) is 29.6. The summed E-state index contributed by atoms with van der Waals surface area (Å²) in [6.07, 6.45) is 3.05. The van der Waals surface area contributed by atoms with Crippen molar-refractivity contribution in [2.75, 3.05) is 39.0 Å². The van der Waals surface area contributed by atoms with E-state index in [1.54, 1.807) is 27.0 Å². The van der Waals surface area contributed by atoms with Crippen molar-refractivity contribution in [2.24, 2.45) is 5.92 Å². The van der Waals surface area contributed by atoms with Crippen LogP contribution in [0.3, 0.4) is 0 Å². The molecule has 0 saturated carbocycles. The minimum atomic E-state index is -1.23.